The summed E-state index contributed by atoms with van der Waals surface area (Å²) in [6.45, 7) is 1.26. The van der Waals surface area contributed by atoms with Gasteiger partial charge in [0.2, 0.25) is 11.8 Å². The van der Waals surface area contributed by atoms with E-state index in [-0.39, 0.29) is 36.1 Å². The zero-order chi connectivity index (χ0) is 19.6. The largest absolute Gasteiger partial charge is 0.368 e. The van der Waals surface area contributed by atoms with Crippen LogP contribution in [0, 0.1) is 5.82 Å². The maximum atomic E-state index is 14.3. The highest BCUT2D eigenvalue weighted by Crippen LogP contribution is 2.37. The number of halogens is 1. The second kappa shape index (κ2) is 6.10. The molecular formula is C19H19FN4O4. The Morgan fingerprint density at radius 2 is 1.68 bits per heavy atom. The first kappa shape index (κ1) is 17.3. The van der Waals surface area contributed by atoms with Crippen molar-refractivity contribution in [3.63, 3.8) is 0 Å². The Morgan fingerprint density at radius 3 is 2.36 bits per heavy atom. The second-order valence-corrected chi connectivity index (χ2v) is 7.84. The van der Waals surface area contributed by atoms with Crippen molar-refractivity contribution in [2.75, 3.05) is 18.0 Å². The number of hydrogen-bond donors (Lipinski definition) is 2. The lowest BCUT2D eigenvalue weighted by Crippen LogP contribution is -2.54. The molecule has 3 saturated heterocycles. The van der Waals surface area contributed by atoms with Gasteiger partial charge in [-0.25, -0.2) is 4.39 Å². The topological polar surface area (TPSA) is 98.8 Å². The molecule has 9 heteroatoms. The molecule has 4 aliphatic heterocycles. The number of fused-ring (bicyclic) bond motifs is 3. The summed E-state index contributed by atoms with van der Waals surface area (Å²) in [7, 11) is 0. The van der Waals surface area contributed by atoms with Gasteiger partial charge in [-0.1, -0.05) is 0 Å². The fraction of sp³-hybridized carbons (Fsp3) is 0.474. The van der Waals surface area contributed by atoms with Crippen LogP contribution in [-0.2, 0) is 9.59 Å². The Kier molecular flexibility index (Phi) is 3.77. The monoisotopic (exact) mass is 386 g/mol. The summed E-state index contributed by atoms with van der Waals surface area (Å²) in [5.74, 6) is -2.98. The Balaban J connectivity index is 1.53. The van der Waals surface area contributed by atoms with Gasteiger partial charge >= 0.3 is 0 Å². The SMILES string of the molecule is O=C1CCC(N2C(=O)c3cc(F)cc(N4CC5CCC(C4)N5)c3C2=O)C(=O)N1. The van der Waals surface area contributed by atoms with Crippen LogP contribution < -0.4 is 15.5 Å². The molecule has 0 saturated carbocycles. The summed E-state index contributed by atoms with van der Waals surface area (Å²) in [5.41, 5.74) is 0.537. The highest BCUT2D eigenvalue weighted by Gasteiger charge is 2.47. The molecular weight excluding hydrogens is 367 g/mol. The lowest BCUT2D eigenvalue weighted by atomic mass is 10.0. The standard InChI is InChI=1S/C19H19FN4O4/c20-9-5-12-16(14(6-9)23-7-10-1-2-11(8-23)21-10)19(28)24(18(12)27)13-3-4-15(25)22-17(13)26/h5-6,10-11,13,21H,1-4,7-8H2,(H,22,25,26). The Bertz CT molecular complexity index is 921. The van der Waals surface area contributed by atoms with Gasteiger partial charge in [0.05, 0.1) is 16.8 Å². The minimum Gasteiger partial charge on any atom is -0.368 e. The minimum absolute atomic E-state index is 0.0180. The molecule has 0 spiro atoms. The van der Waals surface area contributed by atoms with Gasteiger partial charge in [0.15, 0.2) is 0 Å². The number of carbonyl (C=O) groups excluding carboxylic acids is 4. The van der Waals surface area contributed by atoms with Crippen molar-refractivity contribution in [1.82, 2.24) is 15.5 Å². The highest BCUT2D eigenvalue weighted by molar-refractivity contribution is 6.25. The van der Waals surface area contributed by atoms with Crippen molar-refractivity contribution >= 4 is 29.3 Å². The van der Waals surface area contributed by atoms with Crippen molar-refractivity contribution in [2.45, 2.75) is 43.8 Å². The average molecular weight is 386 g/mol. The predicted molar refractivity (Wildman–Crippen MR) is 95.2 cm³/mol. The van der Waals surface area contributed by atoms with Crippen LogP contribution in [0.4, 0.5) is 10.1 Å². The molecule has 0 aliphatic carbocycles. The molecule has 8 nitrogen and oxygen atoms in total. The van der Waals surface area contributed by atoms with Gasteiger partial charge in [0.1, 0.15) is 11.9 Å². The van der Waals surface area contributed by atoms with Crippen LogP contribution in [0.5, 0.6) is 0 Å². The summed E-state index contributed by atoms with van der Waals surface area (Å²) < 4.78 is 14.3. The number of nitrogens with zero attached hydrogens (tertiary/aromatic N) is 2. The van der Waals surface area contributed by atoms with Crippen molar-refractivity contribution in [1.29, 1.82) is 0 Å². The molecule has 4 heterocycles. The first-order valence-electron chi connectivity index (χ1n) is 9.48. The van der Waals surface area contributed by atoms with Crippen molar-refractivity contribution in [3.8, 4) is 0 Å². The molecule has 0 radical (unpaired) electrons. The number of imide groups is 2. The zero-order valence-electron chi connectivity index (χ0n) is 15.0. The first-order valence-corrected chi connectivity index (χ1v) is 9.48. The van der Waals surface area contributed by atoms with E-state index < -0.39 is 35.5 Å². The Hall–Kier alpha value is -2.81. The molecule has 2 N–H and O–H groups in total. The predicted octanol–water partition coefficient (Wildman–Crippen LogP) is 0.168. The van der Waals surface area contributed by atoms with E-state index in [2.05, 4.69) is 10.6 Å². The average Bonchev–Trinajstić information content (AvgIpc) is 3.11. The zero-order valence-corrected chi connectivity index (χ0v) is 15.0. The van der Waals surface area contributed by atoms with E-state index in [9.17, 15) is 23.6 Å². The van der Waals surface area contributed by atoms with Crippen molar-refractivity contribution in [3.05, 3.63) is 29.1 Å². The molecule has 1 aromatic carbocycles. The van der Waals surface area contributed by atoms with E-state index in [1.807, 2.05) is 4.90 Å². The van der Waals surface area contributed by atoms with Gasteiger partial charge in [0.25, 0.3) is 11.8 Å². The summed E-state index contributed by atoms with van der Waals surface area (Å²) in [5, 5.41) is 5.65. The third kappa shape index (κ3) is 2.53. The molecule has 1 aromatic rings. The summed E-state index contributed by atoms with van der Waals surface area (Å²) in [6.07, 6.45) is 2.17. The van der Waals surface area contributed by atoms with Gasteiger partial charge in [-0.05, 0) is 31.4 Å². The molecule has 5 rings (SSSR count). The number of anilines is 1. The number of carbonyl (C=O) groups is 4. The number of benzene rings is 1. The van der Waals surface area contributed by atoms with E-state index in [4.69, 9.17) is 0 Å². The van der Waals surface area contributed by atoms with Crippen LogP contribution in [0.25, 0.3) is 0 Å². The van der Waals surface area contributed by atoms with Crippen LogP contribution in [0.1, 0.15) is 46.4 Å². The lowest BCUT2D eigenvalue weighted by Gasteiger charge is -2.35. The van der Waals surface area contributed by atoms with Gasteiger partial charge in [-0.15, -0.1) is 0 Å². The molecule has 28 heavy (non-hydrogen) atoms. The molecule has 0 aromatic heterocycles. The van der Waals surface area contributed by atoms with E-state index in [1.54, 1.807) is 0 Å². The number of nitrogens with one attached hydrogen (secondary N) is 2. The van der Waals surface area contributed by atoms with E-state index in [1.165, 1.54) is 6.07 Å². The number of rotatable bonds is 2. The molecule has 4 aliphatic rings. The fourth-order valence-electron chi connectivity index (χ4n) is 4.78. The highest BCUT2D eigenvalue weighted by atomic mass is 19.1. The molecule has 3 atom stereocenters. The third-order valence-corrected chi connectivity index (χ3v) is 6.04. The summed E-state index contributed by atoms with van der Waals surface area (Å²) in [4.78, 5) is 52.5. The van der Waals surface area contributed by atoms with Crippen molar-refractivity contribution < 1.29 is 23.6 Å². The van der Waals surface area contributed by atoms with Gasteiger partial charge in [-0.3, -0.25) is 29.4 Å². The van der Waals surface area contributed by atoms with Crippen LogP contribution in [-0.4, -0.2) is 59.7 Å². The lowest BCUT2D eigenvalue weighted by molar-refractivity contribution is -0.136. The van der Waals surface area contributed by atoms with E-state index in [0.29, 0.717) is 18.8 Å². The third-order valence-electron chi connectivity index (χ3n) is 6.04. The van der Waals surface area contributed by atoms with Gasteiger partial charge in [-0.2, -0.15) is 0 Å². The number of hydrogen-bond acceptors (Lipinski definition) is 6. The minimum atomic E-state index is -1.06. The van der Waals surface area contributed by atoms with E-state index >= 15 is 0 Å². The second-order valence-electron chi connectivity index (χ2n) is 7.84. The molecule has 2 bridgehead atoms. The Morgan fingerprint density at radius 1 is 0.964 bits per heavy atom. The van der Waals surface area contributed by atoms with Gasteiger partial charge < -0.3 is 10.2 Å². The number of piperidine rings is 1. The van der Waals surface area contributed by atoms with Crippen LogP contribution >= 0.6 is 0 Å². The molecule has 3 fully saturated rings. The van der Waals surface area contributed by atoms with Crippen LogP contribution in [0.2, 0.25) is 0 Å². The van der Waals surface area contributed by atoms with Crippen LogP contribution in [0.3, 0.4) is 0 Å². The smallest absolute Gasteiger partial charge is 0.264 e. The number of amides is 4. The maximum Gasteiger partial charge on any atom is 0.264 e. The molecule has 146 valence electrons. The maximum absolute atomic E-state index is 14.3. The normalized spacial score (nSPS) is 29.4. The number of piperazine rings is 1. The first-order chi connectivity index (χ1) is 13.4. The van der Waals surface area contributed by atoms with Gasteiger partial charge in [0, 0.05) is 31.6 Å². The summed E-state index contributed by atoms with van der Waals surface area (Å²) in [6, 6.07) is 1.84. The fourth-order valence-corrected chi connectivity index (χ4v) is 4.78. The Labute approximate surface area is 160 Å². The quantitative estimate of drug-likeness (QED) is 0.703. The van der Waals surface area contributed by atoms with Crippen LogP contribution in [0.15, 0.2) is 12.1 Å². The van der Waals surface area contributed by atoms with E-state index in [0.717, 1.165) is 23.8 Å². The molecule has 3 unspecified atom stereocenters. The molecule has 4 amide bonds. The summed E-state index contributed by atoms with van der Waals surface area (Å²) >= 11 is 0. The van der Waals surface area contributed by atoms with Crippen molar-refractivity contribution in [2.24, 2.45) is 0 Å².